The maximum absolute atomic E-state index is 12.6. The van der Waals surface area contributed by atoms with Crippen LogP contribution in [0.1, 0.15) is 17.3 Å². The highest BCUT2D eigenvalue weighted by atomic mass is 16.5. The third kappa shape index (κ3) is 3.35. The van der Waals surface area contributed by atoms with Crippen molar-refractivity contribution in [2.45, 2.75) is 6.92 Å². The van der Waals surface area contributed by atoms with Gasteiger partial charge in [0.15, 0.2) is 5.76 Å². The summed E-state index contributed by atoms with van der Waals surface area (Å²) < 4.78 is 5.21. The number of aliphatic hydroxyl groups is 2. The molecule has 0 aliphatic heterocycles. The van der Waals surface area contributed by atoms with Crippen molar-refractivity contribution in [3.8, 4) is 11.3 Å². The summed E-state index contributed by atoms with van der Waals surface area (Å²) in [6.07, 6.45) is 1.39. The number of benzene rings is 1. The minimum atomic E-state index is -0.755. The average Bonchev–Trinajstić information content (AvgIpc) is 3.04. The Bertz CT molecular complexity index is 620. The maximum atomic E-state index is 12.6. The van der Waals surface area contributed by atoms with Gasteiger partial charge in [-0.3, -0.25) is 4.79 Å². The molecule has 0 fully saturated rings. The molecule has 0 atom stereocenters. The minimum Gasteiger partial charge on any atom is -0.396 e. The van der Waals surface area contributed by atoms with Crippen molar-refractivity contribution < 1.29 is 19.5 Å². The summed E-state index contributed by atoms with van der Waals surface area (Å²) in [6, 6.07) is 9.25. The van der Waals surface area contributed by atoms with Crippen LogP contribution < -0.4 is 0 Å². The largest absolute Gasteiger partial charge is 0.396 e. The quantitative estimate of drug-likeness (QED) is 0.842. The lowest BCUT2D eigenvalue weighted by Crippen LogP contribution is -2.41. The highest BCUT2D eigenvalue weighted by molar-refractivity contribution is 5.99. The summed E-state index contributed by atoms with van der Waals surface area (Å²) in [7, 11) is 1.62. The minimum absolute atomic E-state index is 0.212. The smallest absolute Gasteiger partial charge is 0.259 e. The Balaban J connectivity index is 2.22. The third-order valence-electron chi connectivity index (χ3n) is 3.57. The summed E-state index contributed by atoms with van der Waals surface area (Å²) in [5.41, 5.74) is 0.366. The molecule has 22 heavy (non-hydrogen) atoms. The number of aromatic nitrogens is 1. The summed E-state index contributed by atoms with van der Waals surface area (Å²) >= 11 is 0. The van der Waals surface area contributed by atoms with Gasteiger partial charge in [0.2, 0.25) is 0 Å². The second-order valence-corrected chi connectivity index (χ2v) is 5.72. The topological polar surface area (TPSA) is 86.8 Å². The Kier molecular flexibility index (Phi) is 4.95. The van der Waals surface area contributed by atoms with Crippen LogP contribution in [0.2, 0.25) is 0 Å². The number of hydrogen-bond acceptors (Lipinski definition) is 5. The number of aliphatic hydroxyl groups excluding tert-OH is 2. The fraction of sp³-hybridized carbons (Fsp3) is 0.375. The first kappa shape index (κ1) is 16.2. The fourth-order valence-electron chi connectivity index (χ4n) is 2.19. The average molecular weight is 304 g/mol. The summed E-state index contributed by atoms with van der Waals surface area (Å²) in [6.45, 7) is 1.51. The number of carbonyl (C=O) groups excluding carboxylic acids is 1. The van der Waals surface area contributed by atoms with Crippen LogP contribution in [-0.2, 0) is 0 Å². The van der Waals surface area contributed by atoms with Gasteiger partial charge >= 0.3 is 0 Å². The molecule has 0 spiro atoms. The van der Waals surface area contributed by atoms with Crippen LogP contribution in [0.15, 0.2) is 41.1 Å². The number of carbonyl (C=O) groups is 1. The van der Waals surface area contributed by atoms with Gasteiger partial charge in [-0.2, -0.15) is 0 Å². The van der Waals surface area contributed by atoms with E-state index in [1.165, 1.54) is 11.1 Å². The van der Waals surface area contributed by atoms with E-state index in [4.69, 9.17) is 4.52 Å². The highest BCUT2D eigenvalue weighted by Crippen LogP contribution is 2.25. The fourth-order valence-corrected chi connectivity index (χ4v) is 2.19. The number of rotatable bonds is 6. The van der Waals surface area contributed by atoms with Gasteiger partial charge in [-0.15, -0.1) is 0 Å². The van der Waals surface area contributed by atoms with Gasteiger partial charge in [-0.25, -0.2) is 0 Å². The van der Waals surface area contributed by atoms with E-state index in [-0.39, 0.29) is 25.7 Å². The van der Waals surface area contributed by atoms with Crippen LogP contribution in [-0.4, -0.2) is 53.0 Å². The maximum Gasteiger partial charge on any atom is 0.259 e. The van der Waals surface area contributed by atoms with E-state index in [0.717, 1.165) is 5.56 Å². The van der Waals surface area contributed by atoms with Crippen molar-refractivity contribution in [3.63, 3.8) is 0 Å². The summed E-state index contributed by atoms with van der Waals surface area (Å²) in [4.78, 5) is 14.0. The molecule has 1 heterocycles. The predicted octanol–water partition coefficient (Wildman–Crippen LogP) is 1.40. The Morgan fingerprint density at radius 3 is 2.50 bits per heavy atom. The van der Waals surface area contributed by atoms with E-state index < -0.39 is 5.41 Å². The number of hydrogen-bond donors (Lipinski definition) is 2. The second kappa shape index (κ2) is 6.72. The standard InChI is InChI=1S/C16H20N2O4/c1-16(10-19,11-20)9-18(2)15(21)13-8-17-22-14(13)12-6-4-3-5-7-12/h3-8,19-20H,9-11H2,1-2H3. The van der Waals surface area contributed by atoms with Gasteiger partial charge < -0.3 is 19.6 Å². The first-order valence-electron chi connectivity index (χ1n) is 6.98. The monoisotopic (exact) mass is 304 g/mol. The molecule has 0 radical (unpaired) electrons. The van der Waals surface area contributed by atoms with Crippen molar-refractivity contribution in [2.75, 3.05) is 26.8 Å². The molecular formula is C16H20N2O4. The van der Waals surface area contributed by atoms with Gasteiger partial charge in [-0.05, 0) is 0 Å². The zero-order valence-corrected chi connectivity index (χ0v) is 12.7. The van der Waals surface area contributed by atoms with Gasteiger partial charge in [-0.1, -0.05) is 42.4 Å². The van der Waals surface area contributed by atoms with Gasteiger partial charge in [0.1, 0.15) is 5.56 Å². The van der Waals surface area contributed by atoms with Crippen LogP contribution in [0, 0.1) is 5.41 Å². The molecule has 2 aromatic rings. The molecule has 0 unspecified atom stereocenters. The molecule has 2 rings (SSSR count). The zero-order valence-electron chi connectivity index (χ0n) is 12.7. The van der Waals surface area contributed by atoms with Crippen molar-refractivity contribution in [1.29, 1.82) is 0 Å². The lowest BCUT2D eigenvalue weighted by Gasteiger charge is -2.30. The molecular weight excluding hydrogens is 284 g/mol. The first-order chi connectivity index (χ1) is 10.5. The Labute approximate surface area is 129 Å². The summed E-state index contributed by atoms with van der Waals surface area (Å²) in [5, 5.41) is 22.4. The Hall–Kier alpha value is -2.18. The molecule has 1 amide bonds. The van der Waals surface area contributed by atoms with Crippen LogP contribution in [0.5, 0.6) is 0 Å². The van der Waals surface area contributed by atoms with Gasteiger partial charge in [0.05, 0.1) is 19.4 Å². The molecule has 1 aromatic heterocycles. The van der Waals surface area contributed by atoms with Crippen molar-refractivity contribution in [2.24, 2.45) is 5.41 Å². The van der Waals surface area contributed by atoms with E-state index in [1.54, 1.807) is 14.0 Å². The molecule has 0 aliphatic carbocycles. The number of nitrogens with zero attached hydrogens (tertiary/aromatic N) is 2. The van der Waals surface area contributed by atoms with E-state index in [1.807, 2.05) is 30.3 Å². The van der Waals surface area contributed by atoms with Crippen molar-refractivity contribution in [3.05, 3.63) is 42.1 Å². The zero-order chi connectivity index (χ0) is 16.2. The molecule has 0 bridgehead atoms. The van der Waals surface area contributed by atoms with Crippen LogP contribution in [0.4, 0.5) is 0 Å². The molecule has 1 aromatic carbocycles. The van der Waals surface area contributed by atoms with Gasteiger partial charge in [0, 0.05) is 24.6 Å². The van der Waals surface area contributed by atoms with Gasteiger partial charge in [0.25, 0.3) is 5.91 Å². The first-order valence-corrected chi connectivity index (χ1v) is 6.98. The van der Waals surface area contributed by atoms with E-state index in [0.29, 0.717) is 11.3 Å². The SMILES string of the molecule is CN(CC(C)(CO)CO)C(=O)c1cnoc1-c1ccccc1. The molecule has 6 nitrogen and oxygen atoms in total. The van der Waals surface area contributed by atoms with Crippen molar-refractivity contribution in [1.82, 2.24) is 10.1 Å². The molecule has 2 N–H and O–H groups in total. The van der Waals surface area contributed by atoms with Crippen LogP contribution >= 0.6 is 0 Å². The van der Waals surface area contributed by atoms with Crippen LogP contribution in [0.25, 0.3) is 11.3 Å². The number of amides is 1. The second-order valence-electron chi connectivity index (χ2n) is 5.72. The van der Waals surface area contributed by atoms with E-state index >= 15 is 0 Å². The third-order valence-corrected chi connectivity index (χ3v) is 3.57. The Morgan fingerprint density at radius 2 is 1.91 bits per heavy atom. The van der Waals surface area contributed by atoms with Crippen molar-refractivity contribution >= 4 is 5.91 Å². The predicted molar refractivity (Wildman–Crippen MR) is 81.2 cm³/mol. The summed E-state index contributed by atoms with van der Waals surface area (Å²) in [5.74, 6) is 0.139. The molecule has 0 saturated carbocycles. The van der Waals surface area contributed by atoms with E-state index in [9.17, 15) is 15.0 Å². The Morgan fingerprint density at radius 1 is 1.27 bits per heavy atom. The molecule has 0 saturated heterocycles. The lowest BCUT2D eigenvalue weighted by molar-refractivity contribution is 0.0366. The highest BCUT2D eigenvalue weighted by Gasteiger charge is 2.29. The van der Waals surface area contributed by atoms with Crippen LogP contribution in [0.3, 0.4) is 0 Å². The lowest BCUT2D eigenvalue weighted by atomic mass is 9.92. The molecule has 6 heteroatoms. The normalized spacial score (nSPS) is 11.5. The van der Waals surface area contributed by atoms with E-state index in [2.05, 4.69) is 5.16 Å². The molecule has 118 valence electrons. The molecule has 0 aliphatic rings.